The van der Waals surface area contributed by atoms with Gasteiger partial charge in [0.25, 0.3) is 0 Å². The van der Waals surface area contributed by atoms with E-state index in [4.69, 9.17) is 0 Å². The largest absolute Gasteiger partial charge is 0.335 e. The monoisotopic (exact) mass is 278 g/mol. The minimum absolute atomic E-state index is 0.175. The van der Waals surface area contributed by atoms with E-state index in [-0.39, 0.29) is 5.92 Å². The molecule has 1 N–H and O–H groups in total. The van der Waals surface area contributed by atoms with Gasteiger partial charge in [0.05, 0.1) is 12.0 Å². The Balaban J connectivity index is 1.83. The van der Waals surface area contributed by atoms with Gasteiger partial charge in [0.15, 0.2) is 0 Å². The molecule has 0 spiro atoms. The van der Waals surface area contributed by atoms with Gasteiger partial charge in [-0.3, -0.25) is 4.79 Å². The second-order valence-electron chi connectivity index (χ2n) is 5.75. The van der Waals surface area contributed by atoms with E-state index in [0.717, 1.165) is 32.5 Å². The van der Waals surface area contributed by atoms with Crippen LogP contribution in [0.1, 0.15) is 36.8 Å². The minimum Gasteiger partial charge on any atom is -0.335 e. The molecule has 3 unspecified atom stereocenters. The summed E-state index contributed by atoms with van der Waals surface area (Å²) in [6.07, 6.45) is 2.05. The lowest BCUT2D eigenvalue weighted by atomic mass is 9.92. The van der Waals surface area contributed by atoms with Crippen LogP contribution in [0.2, 0.25) is 0 Å². The molecular formula is C15H22N2OS. The lowest BCUT2D eigenvalue weighted by Gasteiger charge is -2.37. The number of fused-ring (bicyclic) bond motifs is 1. The van der Waals surface area contributed by atoms with Crippen molar-refractivity contribution in [3.63, 3.8) is 0 Å². The topological polar surface area (TPSA) is 32.3 Å². The zero-order valence-corrected chi connectivity index (χ0v) is 12.5. The van der Waals surface area contributed by atoms with Gasteiger partial charge in [0, 0.05) is 18.0 Å². The summed E-state index contributed by atoms with van der Waals surface area (Å²) in [6, 6.07) is 2.51. The molecule has 0 saturated carbocycles. The van der Waals surface area contributed by atoms with Gasteiger partial charge < -0.3 is 10.2 Å². The molecule has 2 aliphatic heterocycles. The fraction of sp³-hybridized carbons (Fsp3) is 0.667. The normalized spacial score (nSPS) is 30.4. The fourth-order valence-electron chi connectivity index (χ4n) is 3.45. The molecule has 4 heteroatoms. The highest BCUT2D eigenvalue weighted by molar-refractivity contribution is 7.10. The maximum atomic E-state index is 12.8. The molecule has 3 atom stereocenters. The quantitative estimate of drug-likeness (QED) is 0.901. The van der Waals surface area contributed by atoms with Crippen LogP contribution in [0.25, 0.3) is 0 Å². The maximum Gasteiger partial charge on any atom is 0.227 e. The summed E-state index contributed by atoms with van der Waals surface area (Å²) in [4.78, 5) is 16.4. The van der Waals surface area contributed by atoms with E-state index in [9.17, 15) is 4.79 Å². The third kappa shape index (κ3) is 2.21. The average molecular weight is 278 g/mol. The Morgan fingerprint density at radius 1 is 1.53 bits per heavy atom. The van der Waals surface area contributed by atoms with Crippen LogP contribution in [-0.2, 0) is 11.2 Å². The molecule has 1 amide bonds. The molecule has 1 aromatic heterocycles. The number of thiophene rings is 1. The molecule has 3 heterocycles. The Morgan fingerprint density at radius 3 is 3.05 bits per heavy atom. The van der Waals surface area contributed by atoms with E-state index in [2.05, 4.69) is 35.5 Å². The SMILES string of the molecule is CCC1c2ccsc2CCN1C(=O)C1CNCC1C. The third-order valence-corrected chi connectivity index (χ3v) is 5.60. The van der Waals surface area contributed by atoms with Crippen LogP contribution in [0.3, 0.4) is 0 Å². The van der Waals surface area contributed by atoms with Crippen molar-refractivity contribution in [1.29, 1.82) is 0 Å². The standard InChI is InChI=1S/C15H22N2OS/c1-3-13-11-5-7-19-14(11)4-6-17(13)15(18)12-9-16-8-10(12)2/h5,7,10,12-13,16H,3-4,6,8-9H2,1-2H3. The van der Waals surface area contributed by atoms with Crippen LogP contribution in [-0.4, -0.2) is 30.4 Å². The Kier molecular flexibility index (Phi) is 3.63. The highest BCUT2D eigenvalue weighted by Crippen LogP contribution is 2.36. The number of amides is 1. The van der Waals surface area contributed by atoms with E-state index in [1.165, 1.54) is 10.4 Å². The molecule has 3 nitrogen and oxygen atoms in total. The van der Waals surface area contributed by atoms with Crippen molar-refractivity contribution in [2.75, 3.05) is 19.6 Å². The van der Waals surface area contributed by atoms with Crippen molar-refractivity contribution in [1.82, 2.24) is 10.2 Å². The molecule has 0 radical (unpaired) electrons. The minimum atomic E-state index is 0.175. The molecule has 1 fully saturated rings. The van der Waals surface area contributed by atoms with Gasteiger partial charge in [0.2, 0.25) is 5.91 Å². The predicted molar refractivity (Wildman–Crippen MR) is 78.3 cm³/mol. The number of hydrogen-bond acceptors (Lipinski definition) is 3. The second-order valence-corrected chi connectivity index (χ2v) is 6.75. The molecule has 2 aliphatic rings. The van der Waals surface area contributed by atoms with E-state index in [1.54, 1.807) is 0 Å². The van der Waals surface area contributed by atoms with Gasteiger partial charge in [-0.1, -0.05) is 13.8 Å². The summed E-state index contributed by atoms with van der Waals surface area (Å²) in [6.45, 7) is 7.10. The smallest absolute Gasteiger partial charge is 0.227 e. The fourth-order valence-corrected chi connectivity index (χ4v) is 4.38. The van der Waals surface area contributed by atoms with Gasteiger partial charge in [-0.05, 0) is 42.3 Å². The third-order valence-electron chi connectivity index (χ3n) is 4.60. The van der Waals surface area contributed by atoms with E-state index in [1.807, 2.05) is 11.3 Å². The number of rotatable bonds is 2. The average Bonchev–Trinajstić information content (AvgIpc) is 3.04. The van der Waals surface area contributed by atoms with Crippen LogP contribution < -0.4 is 5.32 Å². The van der Waals surface area contributed by atoms with Crippen LogP contribution in [0.15, 0.2) is 11.4 Å². The maximum absolute atomic E-state index is 12.8. The molecule has 1 saturated heterocycles. The molecule has 3 rings (SSSR count). The number of carbonyl (C=O) groups is 1. The zero-order chi connectivity index (χ0) is 13.4. The molecule has 0 aliphatic carbocycles. The van der Waals surface area contributed by atoms with Gasteiger partial charge in [-0.15, -0.1) is 11.3 Å². The van der Waals surface area contributed by atoms with Crippen molar-refractivity contribution in [2.45, 2.75) is 32.7 Å². The summed E-state index contributed by atoms with van der Waals surface area (Å²) in [5.41, 5.74) is 1.39. The van der Waals surface area contributed by atoms with E-state index in [0.29, 0.717) is 17.9 Å². The summed E-state index contributed by atoms with van der Waals surface area (Å²) < 4.78 is 0. The van der Waals surface area contributed by atoms with Crippen LogP contribution in [0, 0.1) is 11.8 Å². The first-order valence-electron chi connectivity index (χ1n) is 7.29. The van der Waals surface area contributed by atoms with E-state index < -0.39 is 0 Å². The highest BCUT2D eigenvalue weighted by Gasteiger charge is 2.37. The molecule has 1 aromatic rings. The Morgan fingerprint density at radius 2 is 2.37 bits per heavy atom. The second kappa shape index (κ2) is 5.25. The van der Waals surface area contributed by atoms with Crippen molar-refractivity contribution in [2.24, 2.45) is 11.8 Å². The molecule has 0 aromatic carbocycles. The van der Waals surface area contributed by atoms with Crippen molar-refractivity contribution in [3.05, 3.63) is 21.9 Å². The van der Waals surface area contributed by atoms with Crippen molar-refractivity contribution < 1.29 is 4.79 Å². The highest BCUT2D eigenvalue weighted by atomic mass is 32.1. The molecule has 0 bridgehead atoms. The molecular weight excluding hydrogens is 256 g/mol. The first kappa shape index (κ1) is 13.1. The van der Waals surface area contributed by atoms with Gasteiger partial charge in [-0.25, -0.2) is 0 Å². The number of carbonyl (C=O) groups excluding carboxylic acids is 1. The summed E-state index contributed by atoms with van der Waals surface area (Å²) in [7, 11) is 0. The van der Waals surface area contributed by atoms with Crippen LogP contribution in [0.5, 0.6) is 0 Å². The summed E-state index contributed by atoms with van der Waals surface area (Å²) in [5.74, 6) is 1.00. The van der Waals surface area contributed by atoms with Gasteiger partial charge in [0.1, 0.15) is 0 Å². The van der Waals surface area contributed by atoms with Crippen molar-refractivity contribution in [3.8, 4) is 0 Å². The predicted octanol–water partition coefficient (Wildman–Crippen LogP) is 2.44. The van der Waals surface area contributed by atoms with Gasteiger partial charge in [-0.2, -0.15) is 0 Å². The zero-order valence-electron chi connectivity index (χ0n) is 11.7. The number of nitrogens with one attached hydrogen (secondary N) is 1. The molecule has 19 heavy (non-hydrogen) atoms. The lowest BCUT2D eigenvalue weighted by Crippen LogP contribution is -2.44. The Labute approximate surface area is 119 Å². The Bertz CT molecular complexity index is 470. The lowest BCUT2D eigenvalue weighted by molar-refractivity contribution is -0.139. The Hall–Kier alpha value is -0.870. The molecule has 104 valence electrons. The van der Waals surface area contributed by atoms with E-state index >= 15 is 0 Å². The van der Waals surface area contributed by atoms with Gasteiger partial charge >= 0.3 is 0 Å². The first-order chi connectivity index (χ1) is 9.22. The van der Waals surface area contributed by atoms with Crippen LogP contribution in [0.4, 0.5) is 0 Å². The summed E-state index contributed by atoms with van der Waals surface area (Å²) in [5, 5.41) is 5.51. The van der Waals surface area contributed by atoms with Crippen LogP contribution >= 0.6 is 11.3 Å². The number of hydrogen-bond donors (Lipinski definition) is 1. The first-order valence-corrected chi connectivity index (χ1v) is 8.17. The number of nitrogens with zero attached hydrogens (tertiary/aromatic N) is 1. The van der Waals surface area contributed by atoms with Crippen molar-refractivity contribution >= 4 is 17.2 Å². The summed E-state index contributed by atoms with van der Waals surface area (Å²) >= 11 is 1.84.